The van der Waals surface area contributed by atoms with Crippen molar-refractivity contribution in [2.24, 2.45) is 0 Å². The van der Waals surface area contributed by atoms with Crippen LogP contribution in [0.1, 0.15) is 39.2 Å². The van der Waals surface area contributed by atoms with E-state index in [0.29, 0.717) is 27.3 Å². The number of aromatic nitrogens is 1. The topological polar surface area (TPSA) is 94.5 Å². The van der Waals surface area contributed by atoms with E-state index in [-0.39, 0.29) is 14.8 Å². The molecule has 7 nitrogen and oxygen atoms in total. The summed E-state index contributed by atoms with van der Waals surface area (Å²) in [6.45, 7) is 0.351. The number of thiophene rings is 1. The van der Waals surface area contributed by atoms with E-state index in [4.69, 9.17) is 16.3 Å². The largest absolute Gasteiger partial charge is 0.465 e. The lowest BCUT2D eigenvalue weighted by atomic mass is 9.95. The number of fused-ring (bicyclic) bond motifs is 2. The van der Waals surface area contributed by atoms with Gasteiger partial charge in [0.05, 0.1) is 34.3 Å². The molecule has 1 aliphatic carbocycles. The van der Waals surface area contributed by atoms with Gasteiger partial charge >= 0.3 is 10.8 Å². The molecule has 35 heavy (non-hydrogen) atoms. The lowest BCUT2D eigenvalue weighted by Gasteiger charge is -2.12. The number of benzene rings is 2. The van der Waals surface area contributed by atoms with Crippen molar-refractivity contribution >= 4 is 65.5 Å². The van der Waals surface area contributed by atoms with Gasteiger partial charge in [-0.1, -0.05) is 35.1 Å². The van der Waals surface area contributed by atoms with Gasteiger partial charge in [0, 0.05) is 9.90 Å². The van der Waals surface area contributed by atoms with Crippen molar-refractivity contribution in [3.05, 3.63) is 78.7 Å². The maximum absolute atomic E-state index is 13.3. The van der Waals surface area contributed by atoms with Crippen LogP contribution in [0.15, 0.2) is 52.2 Å². The smallest absolute Gasteiger partial charge is 0.341 e. The average Bonchev–Trinajstić information content (AvgIpc) is 3.35. The molecule has 11 heteroatoms. The SMILES string of the molecule is COC(=O)c1c(NS(=O)(=O)c2ccc3c(c2)sc(=O)n3Cc2ccc(Cl)cc2)sc2c1CCCC2. The van der Waals surface area contributed by atoms with Gasteiger partial charge in [-0.25, -0.2) is 13.2 Å². The monoisotopic (exact) mass is 548 g/mol. The summed E-state index contributed by atoms with van der Waals surface area (Å²) in [4.78, 5) is 26.0. The first-order valence-corrected chi connectivity index (χ1v) is 14.4. The van der Waals surface area contributed by atoms with Gasteiger partial charge in [-0.15, -0.1) is 11.3 Å². The quantitative estimate of drug-likeness (QED) is 0.330. The predicted octanol–water partition coefficient (Wildman–Crippen LogP) is 5.29. The third-order valence-electron chi connectivity index (χ3n) is 5.99. The van der Waals surface area contributed by atoms with E-state index in [1.54, 1.807) is 22.8 Å². The number of rotatable bonds is 6. The van der Waals surface area contributed by atoms with Crippen LogP contribution in [0.25, 0.3) is 10.2 Å². The summed E-state index contributed by atoms with van der Waals surface area (Å²) in [5, 5.41) is 0.887. The maximum atomic E-state index is 13.3. The number of ether oxygens (including phenoxy) is 1. The number of esters is 1. The number of nitrogens with zero attached hydrogens (tertiary/aromatic N) is 1. The van der Waals surface area contributed by atoms with Gasteiger partial charge in [0.15, 0.2) is 0 Å². The number of methoxy groups -OCH3 is 1. The van der Waals surface area contributed by atoms with Gasteiger partial charge < -0.3 is 4.74 Å². The zero-order valence-corrected chi connectivity index (χ0v) is 21.9. The van der Waals surface area contributed by atoms with Crippen molar-refractivity contribution in [2.75, 3.05) is 11.8 Å². The zero-order valence-electron chi connectivity index (χ0n) is 18.7. The van der Waals surface area contributed by atoms with Crippen LogP contribution in [0.2, 0.25) is 5.02 Å². The highest BCUT2D eigenvalue weighted by Crippen LogP contribution is 2.39. The van der Waals surface area contributed by atoms with E-state index in [1.165, 1.54) is 30.6 Å². The second-order valence-corrected chi connectivity index (χ2v) is 12.4. The van der Waals surface area contributed by atoms with Crippen molar-refractivity contribution < 1.29 is 17.9 Å². The molecule has 0 spiro atoms. The van der Waals surface area contributed by atoms with Gasteiger partial charge in [0.1, 0.15) is 5.00 Å². The van der Waals surface area contributed by atoms with E-state index in [2.05, 4.69) is 4.72 Å². The molecule has 2 heterocycles. The molecule has 0 saturated carbocycles. The summed E-state index contributed by atoms with van der Waals surface area (Å²) in [5.74, 6) is -0.546. The van der Waals surface area contributed by atoms with Crippen LogP contribution >= 0.6 is 34.3 Å². The molecule has 0 unspecified atom stereocenters. The zero-order chi connectivity index (χ0) is 24.7. The number of anilines is 1. The number of carbonyl (C=O) groups is 1. The molecule has 0 fully saturated rings. The van der Waals surface area contributed by atoms with Crippen LogP contribution in [-0.2, 0) is 34.1 Å². The van der Waals surface area contributed by atoms with Crippen LogP contribution in [0.4, 0.5) is 5.00 Å². The Morgan fingerprint density at radius 3 is 2.60 bits per heavy atom. The number of aryl methyl sites for hydroxylation is 1. The third-order valence-corrected chi connectivity index (χ3v) is 9.87. The maximum Gasteiger partial charge on any atom is 0.341 e. The fraction of sp³-hybridized carbons (Fsp3) is 0.250. The molecule has 5 rings (SSSR count). The Kier molecular flexibility index (Phi) is 6.47. The molecule has 2 aromatic heterocycles. The van der Waals surface area contributed by atoms with Crippen LogP contribution in [0.5, 0.6) is 0 Å². The molecule has 1 aliphatic rings. The van der Waals surface area contributed by atoms with Crippen molar-refractivity contribution in [1.29, 1.82) is 0 Å². The first-order chi connectivity index (χ1) is 16.8. The van der Waals surface area contributed by atoms with Gasteiger partial charge in [0.25, 0.3) is 10.0 Å². The fourth-order valence-corrected chi connectivity index (χ4v) is 8.01. The molecule has 0 bridgehead atoms. The molecule has 0 atom stereocenters. The van der Waals surface area contributed by atoms with Crippen molar-refractivity contribution in [1.82, 2.24) is 4.57 Å². The lowest BCUT2D eigenvalue weighted by Crippen LogP contribution is -2.16. The summed E-state index contributed by atoms with van der Waals surface area (Å²) < 4.78 is 36.3. The highest BCUT2D eigenvalue weighted by molar-refractivity contribution is 7.93. The van der Waals surface area contributed by atoms with Gasteiger partial charge in [-0.05, 0) is 67.1 Å². The number of carbonyl (C=O) groups excluding carboxylic acids is 1. The van der Waals surface area contributed by atoms with E-state index in [1.807, 2.05) is 12.1 Å². The van der Waals surface area contributed by atoms with Crippen molar-refractivity contribution in [3.63, 3.8) is 0 Å². The Morgan fingerprint density at radius 1 is 1.11 bits per heavy atom. The summed E-state index contributed by atoms with van der Waals surface area (Å²) in [6.07, 6.45) is 3.48. The molecular formula is C24H21ClN2O5S3. The normalized spacial score (nSPS) is 13.5. The fourth-order valence-electron chi connectivity index (χ4n) is 4.27. The predicted molar refractivity (Wildman–Crippen MR) is 140 cm³/mol. The van der Waals surface area contributed by atoms with Gasteiger partial charge in [0.2, 0.25) is 0 Å². The minimum Gasteiger partial charge on any atom is -0.465 e. The van der Waals surface area contributed by atoms with Gasteiger partial charge in [-0.3, -0.25) is 14.1 Å². The standard InChI is InChI=1S/C24H21ClN2O5S3/c1-32-23(28)21-17-4-2-3-5-19(17)33-22(21)26-35(30,31)16-10-11-18-20(12-16)34-24(29)27(18)13-14-6-8-15(25)9-7-14/h6-12,26H,2-5,13H2,1H3. The minimum atomic E-state index is -4.00. The first-order valence-electron chi connectivity index (χ1n) is 10.9. The van der Waals surface area contributed by atoms with Crippen LogP contribution < -0.4 is 9.60 Å². The van der Waals surface area contributed by atoms with E-state index in [9.17, 15) is 18.0 Å². The first kappa shape index (κ1) is 24.1. The average molecular weight is 549 g/mol. The van der Waals surface area contributed by atoms with Crippen LogP contribution in [0, 0.1) is 0 Å². The molecule has 0 saturated heterocycles. The Labute approximate surface area is 215 Å². The summed E-state index contributed by atoms with van der Waals surface area (Å²) in [6, 6.07) is 11.8. The Hall–Kier alpha value is -2.66. The van der Waals surface area contributed by atoms with Crippen LogP contribution in [-0.4, -0.2) is 26.1 Å². The summed E-state index contributed by atoms with van der Waals surface area (Å²) in [7, 11) is -2.71. The molecule has 0 radical (unpaired) electrons. The number of thiazole rings is 1. The Balaban J connectivity index is 1.49. The minimum absolute atomic E-state index is 0.0204. The number of hydrogen-bond acceptors (Lipinski definition) is 7. The third kappa shape index (κ3) is 4.63. The highest BCUT2D eigenvalue weighted by atomic mass is 35.5. The van der Waals surface area contributed by atoms with Crippen molar-refractivity contribution in [2.45, 2.75) is 37.1 Å². The van der Waals surface area contributed by atoms with Gasteiger partial charge in [-0.2, -0.15) is 0 Å². The van der Waals surface area contributed by atoms with E-state index < -0.39 is 16.0 Å². The second kappa shape index (κ2) is 9.42. The molecule has 2 aromatic carbocycles. The number of hydrogen-bond donors (Lipinski definition) is 1. The second-order valence-electron chi connectivity index (χ2n) is 8.22. The summed E-state index contributed by atoms with van der Waals surface area (Å²) >= 11 is 8.23. The molecule has 0 aliphatic heterocycles. The number of nitrogens with one attached hydrogen (secondary N) is 1. The van der Waals surface area contributed by atoms with Crippen molar-refractivity contribution in [3.8, 4) is 0 Å². The Morgan fingerprint density at radius 2 is 1.86 bits per heavy atom. The molecule has 0 amide bonds. The van der Waals surface area contributed by atoms with E-state index >= 15 is 0 Å². The molecular weight excluding hydrogens is 528 g/mol. The molecule has 4 aromatic rings. The number of halogens is 1. The molecule has 1 N–H and O–H groups in total. The number of sulfonamides is 1. The van der Waals surface area contributed by atoms with Crippen LogP contribution in [0.3, 0.4) is 0 Å². The lowest BCUT2D eigenvalue weighted by molar-refractivity contribution is 0.0601. The summed E-state index contributed by atoms with van der Waals surface area (Å²) in [5.41, 5.74) is 2.73. The highest BCUT2D eigenvalue weighted by Gasteiger charge is 2.29. The Bertz CT molecular complexity index is 1600. The molecule has 182 valence electrons. The van der Waals surface area contributed by atoms with E-state index in [0.717, 1.165) is 53.0 Å².